The number of hydrogen-bond donors (Lipinski definition) is 0. The summed E-state index contributed by atoms with van der Waals surface area (Å²) in [5, 5.41) is 4.52. The molecule has 0 aliphatic heterocycles. The monoisotopic (exact) mass is 587 g/mol. The van der Waals surface area contributed by atoms with Gasteiger partial charge in [-0.1, -0.05) is 67.7 Å². The molecule has 0 heterocycles. The Labute approximate surface area is 199 Å². The second-order valence-electron chi connectivity index (χ2n) is 7.36. The molecule has 0 amide bonds. The van der Waals surface area contributed by atoms with Gasteiger partial charge in [-0.25, -0.2) is 0 Å². The summed E-state index contributed by atoms with van der Waals surface area (Å²) in [7, 11) is -0.954. The summed E-state index contributed by atoms with van der Waals surface area (Å²) in [6.07, 6.45) is 0. The molecule has 0 nitrogen and oxygen atoms in total. The van der Waals surface area contributed by atoms with E-state index in [4.69, 9.17) is 0 Å². The number of fused-ring (bicyclic) bond motifs is 4. The van der Waals surface area contributed by atoms with Crippen molar-refractivity contribution in [3.05, 3.63) is 95.6 Å². The van der Waals surface area contributed by atoms with Gasteiger partial charge in [-0.05, 0) is 22.3 Å². The SMILES string of the molecule is C[SiH](C)c1c(C2c3ccccc3-c3ccccc32)[cH-]c2ccccc12.[Cl-].[Cl-].[Hf]. The number of rotatable bonds is 2. The quantitative estimate of drug-likeness (QED) is 0.192. The van der Waals surface area contributed by atoms with Gasteiger partial charge in [-0.2, -0.15) is 5.19 Å². The molecule has 28 heavy (non-hydrogen) atoms. The Morgan fingerprint density at radius 1 is 0.714 bits per heavy atom. The molecule has 0 radical (unpaired) electrons. The van der Waals surface area contributed by atoms with Crippen molar-refractivity contribution in [2.24, 2.45) is 0 Å². The molecule has 1 aliphatic carbocycles. The summed E-state index contributed by atoms with van der Waals surface area (Å²) in [5.74, 6) is 0.379. The maximum Gasteiger partial charge on any atom is 0.0177 e. The average Bonchev–Trinajstić information content (AvgIpc) is 3.17. The zero-order chi connectivity index (χ0) is 17.0. The fourth-order valence-corrected chi connectivity index (χ4v) is 6.44. The van der Waals surface area contributed by atoms with E-state index in [0.717, 1.165) is 0 Å². The van der Waals surface area contributed by atoms with Crippen molar-refractivity contribution in [2.45, 2.75) is 19.0 Å². The van der Waals surface area contributed by atoms with Crippen LogP contribution in [-0.4, -0.2) is 8.80 Å². The van der Waals surface area contributed by atoms with Gasteiger partial charge in [0.1, 0.15) is 0 Å². The first-order valence-corrected chi connectivity index (χ1v) is 12.0. The molecule has 0 saturated heterocycles. The van der Waals surface area contributed by atoms with E-state index < -0.39 is 8.80 Å². The molecule has 1 aliphatic rings. The van der Waals surface area contributed by atoms with Crippen LogP contribution in [0.1, 0.15) is 22.6 Å². The van der Waals surface area contributed by atoms with E-state index in [0.29, 0.717) is 5.92 Å². The molecule has 4 aromatic carbocycles. The maximum atomic E-state index is 2.46. The van der Waals surface area contributed by atoms with Crippen LogP contribution in [-0.2, 0) is 25.8 Å². The Morgan fingerprint density at radius 2 is 1.21 bits per heavy atom. The molecule has 0 atom stereocenters. The van der Waals surface area contributed by atoms with Crippen molar-refractivity contribution in [1.29, 1.82) is 0 Å². The summed E-state index contributed by atoms with van der Waals surface area (Å²) < 4.78 is 0. The average molecular weight is 587 g/mol. The van der Waals surface area contributed by atoms with Gasteiger partial charge in [0.25, 0.3) is 0 Å². The van der Waals surface area contributed by atoms with Crippen molar-refractivity contribution < 1.29 is 50.7 Å². The number of hydrogen-bond acceptors (Lipinski definition) is 0. The first-order chi connectivity index (χ1) is 12.3. The van der Waals surface area contributed by atoms with Gasteiger partial charge in [0.05, 0.1) is 0 Å². The molecule has 4 aromatic rings. The maximum absolute atomic E-state index is 2.46. The van der Waals surface area contributed by atoms with Crippen LogP contribution < -0.4 is 30.0 Å². The van der Waals surface area contributed by atoms with Crippen molar-refractivity contribution in [1.82, 2.24) is 0 Å². The summed E-state index contributed by atoms with van der Waals surface area (Å²) in [6.45, 7) is 4.91. The second-order valence-corrected chi connectivity index (χ2v) is 10.2. The van der Waals surface area contributed by atoms with Crippen molar-refractivity contribution in [2.75, 3.05) is 0 Å². The largest absolute Gasteiger partial charge is 1.00 e. The van der Waals surface area contributed by atoms with E-state index in [9.17, 15) is 0 Å². The van der Waals surface area contributed by atoms with Crippen LogP contribution in [0.25, 0.3) is 21.9 Å². The third kappa shape index (κ3) is 3.50. The number of benzene rings is 3. The molecule has 4 heteroatoms. The minimum atomic E-state index is -0.954. The van der Waals surface area contributed by atoms with E-state index in [1.54, 1.807) is 10.8 Å². The molecule has 0 aromatic heterocycles. The molecule has 0 fully saturated rings. The normalized spacial score (nSPS) is 12.0. The van der Waals surface area contributed by atoms with E-state index in [-0.39, 0.29) is 50.7 Å². The zero-order valence-electron chi connectivity index (χ0n) is 15.9. The summed E-state index contributed by atoms with van der Waals surface area (Å²) in [6, 6.07) is 29.3. The van der Waals surface area contributed by atoms with Crippen LogP contribution in [0.3, 0.4) is 0 Å². The predicted octanol–water partition coefficient (Wildman–Crippen LogP) is -0.581. The Hall–Kier alpha value is -1.06. The van der Waals surface area contributed by atoms with Gasteiger partial charge in [0.2, 0.25) is 0 Å². The predicted molar refractivity (Wildman–Crippen MR) is 111 cm³/mol. The van der Waals surface area contributed by atoms with Crippen LogP contribution in [0.15, 0.2) is 78.9 Å². The van der Waals surface area contributed by atoms with Crippen LogP contribution >= 0.6 is 0 Å². The standard InChI is InChI=1S/C24H21Si.2ClH.Hf/c1-25(2)24-17-10-4-3-9-16(17)15-22(24)23-20-13-7-5-11-18(20)19-12-6-8-14-21(19)23;;;/h3-15,23,25H,1-2H3;2*1H;/q-1;;;/p-2. The van der Waals surface area contributed by atoms with Gasteiger partial charge >= 0.3 is 0 Å². The van der Waals surface area contributed by atoms with Crippen LogP contribution in [0, 0.1) is 0 Å². The van der Waals surface area contributed by atoms with E-state index in [1.165, 1.54) is 33.0 Å². The zero-order valence-corrected chi connectivity index (χ0v) is 22.2. The van der Waals surface area contributed by atoms with E-state index in [1.807, 2.05) is 0 Å². The minimum Gasteiger partial charge on any atom is -1.00 e. The fraction of sp³-hybridized carbons (Fsp3) is 0.125. The third-order valence-electron chi connectivity index (χ3n) is 5.60. The van der Waals surface area contributed by atoms with Gasteiger partial charge in [0.15, 0.2) is 0 Å². The molecule has 142 valence electrons. The van der Waals surface area contributed by atoms with Gasteiger partial charge in [-0.3, -0.25) is 0 Å². The van der Waals surface area contributed by atoms with E-state index >= 15 is 0 Å². The topological polar surface area (TPSA) is 0 Å². The molecular formula is C24H21Cl2HfSi-3. The van der Waals surface area contributed by atoms with Crippen molar-refractivity contribution in [3.8, 4) is 11.1 Å². The molecule has 0 bridgehead atoms. The molecule has 0 N–H and O–H groups in total. The van der Waals surface area contributed by atoms with E-state index in [2.05, 4.69) is 92.0 Å². The first-order valence-electron chi connectivity index (χ1n) is 9.12. The van der Waals surface area contributed by atoms with Gasteiger partial charge < -0.3 is 24.8 Å². The minimum absolute atomic E-state index is 0. The van der Waals surface area contributed by atoms with Crippen LogP contribution in [0.5, 0.6) is 0 Å². The van der Waals surface area contributed by atoms with Crippen molar-refractivity contribution in [3.63, 3.8) is 0 Å². The Morgan fingerprint density at radius 3 is 1.79 bits per heavy atom. The third-order valence-corrected chi connectivity index (χ3v) is 7.39. The molecule has 5 rings (SSSR count). The van der Waals surface area contributed by atoms with Crippen LogP contribution in [0.4, 0.5) is 0 Å². The fourth-order valence-electron chi connectivity index (χ4n) is 4.64. The summed E-state index contributed by atoms with van der Waals surface area (Å²) in [4.78, 5) is 0. The molecular weight excluding hydrogens is 566 g/mol. The molecule has 0 unspecified atom stereocenters. The Balaban J connectivity index is 0.000000934. The number of halogens is 2. The second kappa shape index (κ2) is 9.17. The van der Waals surface area contributed by atoms with Gasteiger partial charge in [0, 0.05) is 40.6 Å². The molecule has 0 saturated carbocycles. The Bertz CT molecular complexity index is 1060. The smallest absolute Gasteiger partial charge is 0.0177 e. The van der Waals surface area contributed by atoms with Gasteiger partial charge in [-0.15, -0.1) is 40.6 Å². The molecule has 0 spiro atoms. The Kier molecular flexibility index (Phi) is 7.60. The van der Waals surface area contributed by atoms with Crippen molar-refractivity contribution >= 4 is 24.8 Å². The summed E-state index contributed by atoms with van der Waals surface area (Å²) in [5.41, 5.74) is 7.29. The summed E-state index contributed by atoms with van der Waals surface area (Å²) >= 11 is 0. The van der Waals surface area contributed by atoms with Crippen LogP contribution in [0.2, 0.25) is 13.1 Å². The first kappa shape index (κ1) is 23.2.